The average molecular weight is 307 g/mol. The number of nitrogens with zero attached hydrogens (tertiary/aromatic N) is 2. The van der Waals surface area contributed by atoms with Crippen LogP contribution in [0, 0.1) is 11.3 Å². The second kappa shape index (κ2) is 6.62. The molecule has 0 fully saturated rings. The highest BCUT2D eigenvalue weighted by atomic mass is 16.4. The molecular weight excluding hydrogens is 297 g/mol. The van der Waals surface area contributed by atoms with Gasteiger partial charge in [-0.25, -0.2) is 4.98 Å². The number of hydrogen-bond acceptors (Lipinski definition) is 5. The highest BCUT2D eigenvalue weighted by Crippen LogP contribution is 2.24. The molecule has 0 aliphatic rings. The van der Waals surface area contributed by atoms with Crippen molar-refractivity contribution in [3.63, 3.8) is 0 Å². The number of aromatic nitrogens is 1. The number of nitrogens with one attached hydrogen (secondary N) is 1. The molecule has 2 rings (SSSR count). The van der Waals surface area contributed by atoms with Crippen LogP contribution in [0.2, 0.25) is 0 Å². The van der Waals surface area contributed by atoms with E-state index >= 15 is 0 Å². The van der Waals surface area contributed by atoms with Gasteiger partial charge < -0.3 is 15.5 Å². The fourth-order valence-electron chi connectivity index (χ4n) is 1.93. The van der Waals surface area contributed by atoms with E-state index in [1.165, 1.54) is 12.3 Å². The molecule has 1 amide bonds. The lowest BCUT2D eigenvalue weighted by atomic mass is 9.84. The Bertz CT molecular complexity index is 830. The Morgan fingerprint density at radius 3 is 2.74 bits per heavy atom. The standard InChI is InChI=1S/C15H10BN3O4/c16-13-8(5-17)2-1-3-10(13)9-4-11(20)14(18-6-9)15(23)19-7-12(21)22/h1-4,6,20H,7H2,(H,19,23)(H,21,22). The van der Waals surface area contributed by atoms with E-state index in [1.54, 1.807) is 18.2 Å². The summed E-state index contributed by atoms with van der Waals surface area (Å²) in [6.45, 7) is -0.584. The predicted octanol–water partition coefficient (Wildman–Crippen LogP) is -0.0659. The van der Waals surface area contributed by atoms with Crippen molar-refractivity contribution < 1.29 is 19.8 Å². The molecule has 23 heavy (non-hydrogen) atoms. The van der Waals surface area contributed by atoms with Gasteiger partial charge in [0.05, 0.1) is 6.07 Å². The Labute approximate surface area is 132 Å². The van der Waals surface area contributed by atoms with Crippen LogP contribution in [0.4, 0.5) is 0 Å². The number of aliphatic carboxylic acids is 1. The van der Waals surface area contributed by atoms with Gasteiger partial charge in [0, 0.05) is 17.3 Å². The van der Waals surface area contributed by atoms with Crippen molar-refractivity contribution in [2.45, 2.75) is 0 Å². The first-order chi connectivity index (χ1) is 10.9. The second-order valence-electron chi connectivity index (χ2n) is 4.55. The van der Waals surface area contributed by atoms with Gasteiger partial charge in [-0.15, -0.1) is 0 Å². The number of carbonyl (C=O) groups excluding carboxylic acids is 1. The molecule has 0 bridgehead atoms. The monoisotopic (exact) mass is 307 g/mol. The Kier molecular flexibility index (Phi) is 4.62. The van der Waals surface area contributed by atoms with Crippen LogP contribution in [0.3, 0.4) is 0 Å². The van der Waals surface area contributed by atoms with Crippen LogP contribution < -0.4 is 10.8 Å². The van der Waals surface area contributed by atoms with E-state index in [0.29, 0.717) is 11.1 Å². The SMILES string of the molecule is [B]c1c(C#N)cccc1-c1cnc(C(=O)NCC(=O)O)c(O)c1. The predicted molar refractivity (Wildman–Crippen MR) is 81.4 cm³/mol. The molecule has 1 aromatic carbocycles. The number of pyridine rings is 1. The number of benzene rings is 1. The number of carboxylic acids is 1. The van der Waals surface area contributed by atoms with Gasteiger partial charge in [0.25, 0.3) is 5.91 Å². The maximum atomic E-state index is 11.7. The van der Waals surface area contributed by atoms with E-state index < -0.39 is 24.2 Å². The normalized spacial score (nSPS) is 9.87. The number of aromatic hydroxyl groups is 1. The van der Waals surface area contributed by atoms with E-state index in [2.05, 4.69) is 10.3 Å². The van der Waals surface area contributed by atoms with Crippen molar-refractivity contribution in [1.82, 2.24) is 10.3 Å². The van der Waals surface area contributed by atoms with Crippen molar-refractivity contribution in [3.05, 3.63) is 41.7 Å². The average Bonchev–Trinajstić information content (AvgIpc) is 2.52. The molecule has 0 atom stereocenters. The number of nitriles is 1. The minimum absolute atomic E-state index is 0.235. The Morgan fingerprint density at radius 2 is 2.13 bits per heavy atom. The first-order valence-electron chi connectivity index (χ1n) is 6.42. The molecule has 0 aliphatic carbocycles. The van der Waals surface area contributed by atoms with Crippen LogP contribution in [-0.4, -0.2) is 41.5 Å². The van der Waals surface area contributed by atoms with Gasteiger partial charge in [-0.2, -0.15) is 5.26 Å². The maximum absolute atomic E-state index is 11.7. The highest BCUT2D eigenvalue weighted by molar-refractivity contribution is 6.37. The smallest absolute Gasteiger partial charge is 0.322 e. The van der Waals surface area contributed by atoms with E-state index in [1.807, 2.05) is 6.07 Å². The van der Waals surface area contributed by atoms with Crippen LogP contribution in [0.5, 0.6) is 5.75 Å². The molecule has 2 radical (unpaired) electrons. The fraction of sp³-hybridized carbons (Fsp3) is 0.0667. The van der Waals surface area contributed by atoms with Crippen molar-refractivity contribution >= 4 is 25.2 Å². The Morgan fingerprint density at radius 1 is 1.39 bits per heavy atom. The molecule has 2 aromatic rings. The van der Waals surface area contributed by atoms with Gasteiger partial charge in [0.1, 0.15) is 20.1 Å². The summed E-state index contributed by atoms with van der Waals surface area (Å²) in [5.41, 5.74) is 1.13. The van der Waals surface area contributed by atoms with Gasteiger partial charge in [0.15, 0.2) is 5.69 Å². The summed E-state index contributed by atoms with van der Waals surface area (Å²) in [4.78, 5) is 26.0. The second-order valence-corrected chi connectivity index (χ2v) is 4.55. The molecule has 7 nitrogen and oxygen atoms in total. The number of rotatable bonds is 4. The summed E-state index contributed by atoms with van der Waals surface area (Å²) in [6.07, 6.45) is 1.31. The molecule has 0 saturated carbocycles. The van der Waals surface area contributed by atoms with Gasteiger partial charge >= 0.3 is 5.97 Å². The molecule has 0 unspecified atom stereocenters. The first-order valence-corrected chi connectivity index (χ1v) is 6.42. The minimum Gasteiger partial charge on any atom is -0.505 e. The molecule has 0 spiro atoms. The lowest BCUT2D eigenvalue weighted by molar-refractivity contribution is -0.135. The number of hydrogen-bond donors (Lipinski definition) is 3. The lowest BCUT2D eigenvalue weighted by Gasteiger charge is -2.10. The van der Waals surface area contributed by atoms with Crippen molar-refractivity contribution in [3.8, 4) is 22.9 Å². The van der Waals surface area contributed by atoms with Crippen LogP contribution in [0.1, 0.15) is 16.1 Å². The van der Waals surface area contributed by atoms with Crippen molar-refractivity contribution in [2.75, 3.05) is 6.54 Å². The molecule has 3 N–H and O–H groups in total. The van der Waals surface area contributed by atoms with Gasteiger partial charge in [-0.1, -0.05) is 17.6 Å². The van der Waals surface area contributed by atoms with E-state index in [-0.39, 0.29) is 16.7 Å². The van der Waals surface area contributed by atoms with Gasteiger partial charge in [-0.05, 0) is 17.7 Å². The first kappa shape index (κ1) is 16.0. The molecule has 1 aromatic heterocycles. The van der Waals surface area contributed by atoms with Crippen LogP contribution in [0.25, 0.3) is 11.1 Å². The third-order valence-corrected chi connectivity index (χ3v) is 3.02. The van der Waals surface area contributed by atoms with E-state index in [9.17, 15) is 14.7 Å². The van der Waals surface area contributed by atoms with Crippen LogP contribution in [0.15, 0.2) is 30.5 Å². The van der Waals surface area contributed by atoms with Gasteiger partial charge in [0.2, 0.25) is 0 Å². The Balaban J connectivity index is 2.35. The van der Waals surface area contributed by atoms with Crippen molar-refractivity contribution in [1.29, 1.82) is 5.26 Å². The largest absolute Gasteiger partial charge is 0.505 e. The highest BCUT2D eigenvalue weighted by Gasteiger charge is 2.15. The number of carboxylic acid groups (broad SMARTS) is 1. The summed E-state index contributed by atoms with van der Waals surface area (Å²) in [5, 5.41) is 29.5. The number of carbonyl (C=O) groups is 2. The molecular formula is C15H10BN3O4. The Hall–Kier alpha value is -3.34. The molecule has 0 aliphatic heterocycles. The molecule has 1 heterocycles. The zero-order chi connectivity index (χ0) is 17.0. The summed E-state index contributed by atoms with van der Waals surface area (Å²) in [5.74, 6) is -2.45. The van der Waals surface area contributed by atoms with E-state index in [0.717, 1.165) is 0 Å². The molecule has 112 valence electrons. The zero-order valence-electron chi connectivity index (χ0n) is 11.8. The van der Waals surface area contributed by atoms with Crippen molar-refractivity contribution in [2.24, 2.45) is 0 Å². The maximum Gasteiger partial charge on any atom is 0.322 e. The summed E-state index contributed by atoms with van der Waals surface area (Å²) < 4.78 is 0. The lowest BCUT2D eigenvalue weighted by Crippen LogP contribution is -2.29. The fourth-order valence-corrected chi connectivity index (χ4v) is 1.93. The topological polar surface area (TPSA) is 123 Å². The minimum atomic E-state index is -1.21. The van der Waals surface area contributed by atoms with E-state index in [4.69, 9.17) is 18.2 Å². The summed E-state index contributed by atoms with van der Waals surface area (Å²) in [7, 11) is 5.88. The van der Waals surface area contributed by atoms with Crippen LogP contribution >= 0.6 is 0 Å². The summed E-state index contributed by atoms with van der Waals surface area (Å²) in [6, 6.07) is 8.06. The third kappa shape index (κ3) is 3.47. The van der Waals surface area contributed by atoms with Crippen LogP contribution in [-0.2, 0) is 4.79 Å². The molecule has 0 saturated heterocycles. The van der Waals surface area contributed by atoms with Gasteiger partial charge in [-0.3, -0.25) is 9.59 Å². The molecule has 8 heteroatoms. The quantitative estimate of drug-likeness (QED) is 0.680. The zero-order valence-corrected chi connectivity index (χ0v) is 11.8. The number of amides is 1. The summed E-state index contributed by atoms with van der Waals surface area (Å²) >= 11 is 0. The third-order valence-electron chi connectivity index (χ3n) is 3.02.